The molecule has 0 aromatic rings. The summed E-state index contributed by atoms with van der Waals surface area (Å²) in [7, 11) is 0. The van der Waals surface area contributed by atoms with E-state index in [-0.39, 0.29) is 6.10 Å². The first kappa shape index (κ1) is 8.75. The predicted molar refractivity (Wildman–Crippen MR) is 27.1 cm³/mol. The molecule has 56 valence electrons. The zero-order valence-electron chi connectivity index (χ0n) is 5.33. The SMILES string of the molecule is CC(C)OCC(F)(F)F. The quantitative estimate of drug-likeness (QED) is 0.572. The molecule has 0 N–H and O–H groups in total. The molecule has 0 aliphatic rings. The van der Waals surface area contributed by atoms with Crippen molar-refractivity contribution >= 4 is 0 Å². The molecule has 9 heavy (non-hydrogen) atoms. The molecule has 0 radical (unpaired) electrons. The van der Waals surface area contributed by atoms with E-state index in [0.717, 1.165) is 0 Å². The molecular weight excluding hydrogens is 133 g/mol. The van der Waals surface area contributed by atoms with Crippen molar-refractivity contribution in [3.05, 3.63) is 0 Å². The van der Waals surface area contributed by atoms with Crippen LogP contribution < -0.4 is 0 Å². The summed E-state index contributed by atoms with van der Waals surface area (Å²) in [6.45, 7) is 1.97. The highest BCUT2D eigenvalue weighted by Gasteiger charge is 2.27. The molecule has 0 aliphatic heterocycles. The van der Waals surface area contributed by atoms with Gasteiger partial charge in [-0.2, -0.15) is 13.2 Å². The fourth-order valence-corrected chi connectivity index (χ4v) is 0.261. The van der Waals surface area contributed by atoms with Gasteiger partial charge in [0.15, 0.2) is 0 Å². The number of rotatable bonds is 2. The third-order valence-electron chi connectivity index (χ3n) is 0.580. The third kappa shape index (κ3) is 7.75. The number of hydrogen-bond donors (Lipinski definition) is 0. The monoisotopic (exact) mass is 142 g/mol. The first-order chi connectivity index (χ1) is 3.92. The van der Waals surface area contributed by atoms with Gasteiger partial charge in [0.25, 0.3) is 0 Å². The third-order valence-corrected chi connectivity index (χ3v) is 0.580. The maximum Gasteiger partial charge on any atom is 0.411 e. The van der Waals surface area contributed by atoms with Crippen molar-refractivity contribution in [2.75, 3.05) is 6.61 Å². The zero-order chi connectivity index (χ0) is 7.49. The highest BCUT2D eigenvalue weighted by molar-refractivity contribution is 4.46. The Kier molecular flexibility index (Phi) is 2.97. The second-order valence-corrected chi connectivity index (χ2v) is 1.97. The largest absolute Gasteiger partial charge is 0.411 e. The minimum atomic E-state index is -4.19. The number of hydrogen-bond acceptors (Lipinski definition) is 1. The summed E-state index contributed by atoms with van der Waals surface area (Å²) in [5.41, 5.74) is 0. The maximum absolute atomic E-state index is 11.3. The lowest BCUT2D eigenvalue weighted by molar-refractivity contribution is -0.181. The van der Waals surface area contributed by atoms with Crippen molar-refractivity contribution in [2.45, 2.75) is 26.1 Å². The van der Waals surface area contributed by atoms with Gasteiger partial charge in [-0.05, 0) is 13.8 Å². The van der Waals surface area contributed by atoms with Crippen LogP contribution in [0.3, 0.4) is 0 Å². The van der Waals surface area contributed by atoms with Crippen LogP contribution in [-0.2, 0) is 4.74 Å². The first-order valence-electron chi connectivity index (χ1n) is 2.60. The van der Waals surface area contributed by atoms with E-state index in [0.29, 0.717) is 0 Å². The molecule has 0 bridgehead atoms. The molecular formula is C5H9F3O. The molecule has 0 aliphatic carbocycles. The van der Waals surface area contributed by atoms with E-state index in [1.807, 2.05) is 0 Å². The summed E-state index contributed by atoms with van der Waals surface area (Å²) in [4.78, 5) is 0. The van der Waals surface area contributed by atoms with Crippen LogP contribution in [0, 0.1) is 0 Å². The summed E-state index contributed by atoms with van der Waals surface area (Å²) >= 11 is 0. The molecule has 1 nitrogen and oxygen atoms in total. The summed E-state index contributed by atoms with van der Waals surface area (Å²) in [6.07, 6.45) is -4.55. The molecule has 0 fully saturated rings. The highest BCUT2D eigenvalue weighted by atomic mass is 19.4. The van der Waals surface area contributed by atoms with Crippen molar-refractivity contribution in [2.24, 2.45) is 0 Å². The summed E-state index contributed by atoms with van der Waals surface area (Å²) < 4.78 is 38.2. The predicted octanol–water partition coefficient (Wildman–Crippen LogP) is 1.97. The standard InChI is InChI=1S/C5H9F3O/c1-4(2)9-3-5(6,7)8/h4H,3H2,1-2H3. The molecule has 0 rings (SSSR count). The Morgan fingerprint density at radius 2 is 1.78 bits per heavy atom. The Hall–Kier alpha value is -0.250. The molecule has 0 amide bonds. The molecule has 0 saturated heterocycles. The van der Waals surface area contributed by atoms with E-state index < -0.39 is 12.8 Å². The van der Waals surface area contributed by atoms with E-state index in [9.17, 15) is 13.2 Å². The second-order valence-electron chi connectivity index (χ2n) is 1.97. The second kappa shape index (κ2) is 3.06. The van der Waals surface area contributed by atoms with Crippen LogP contribution in [-0.4, -0.2) is 18.9 Å². The van der Waals surface area contributed by atoms with Crippen LogP contribution in [0.5, 0.6) is 0 Å². The Bertz CT molecular complexity index is 76.8. The summed E-state index contributed by atoms with van der Waals surface area (Å²) in [5.74, 6) is 0. The van der Waals surface area contributed by atoms with Gasteiger partial charge in [0.1, 0.15) is 6.61 Å². The van der Waals surface area contributed by atoms with Crippen molar-refractivity contribution in [3.63, 3.8) is 0 Å². The number of ether oxygens (including phenoxy) is 1. The van der Waals surface area contributed by atoms with Crippen LogP contribution in [0.1, 0.15) is 13.8 Å². The zero-order valence-corrected chi connectivity index (χ0v) is 5.33. The van der Waals surface area contributed by atoms with E-state index in [4.69, 9.17) is 0 Å². The molecule has 0 heterocycles. The molecule has 0 unspecified atom stereocenters. The molecule has 0 aromatic carbocycles. The normalized spacial score (nSPS) is 12.7. The summed E-state index contributed by atoms with van der Waals surface area (Å²) in [6, 6.07) is 0. The van der Waals surface area contributed by atoms with E-state index in [1.165, 1.54) is 0 Å². The highest BCUT2D eigenvalue weighted by Crippen LogP contribution is 2.14. The van der Waals surface area contributed by atoms with Gasteiger partial charge >= 0.3 is 6.18 Å². The van der Waals surface area contributed by atoms with Crippen molar-refractivity contribution < 1.29 is 17.9 Å². The van der Waals surface area contributed by atoms with Gasteiger partial charge in [0, 0.05) is 0 Å². The van der Waals surface area contributed by atoms with Crippen molar-refractivity contribution in [3.8, 4) is 0 Å². The Morgan fingerprint density at radius 3 is 1.89 bits per heavy atom. The first-order valence-corrected chi connectivity index (χ1v) is 2.60. The van der Waals surface area contributed by atoms with E-state index in [2.05, 4.69) is 4.74 Å². The fraction of sp³-hybridized carbons (Fsp3) is 1.00. The Balaban J connectivity index is 3.28. The van der Waals surface area contributed by atoms with Crippen LogP contribution >= 0.6 is 0 Å². The van der Waals surface area contributed by atoms with Gasteiger partial charge in [-0.3, -0.25) is 0 Å². The van der Waals surface area contributed by atoms with E-state index in [1.54, 1.807) is 13.8 Å². The fourth-order valence-electron chi connectivity index (χ4n) is 0.261. The van der Waals surface area contributed by atoms with Gasteiger partial charge in [0.05, 0.1) is 6.10 Å². The smallest absolute Gasteiger partial charge is 0.369 e. The molecule has 0 spiro atoms. The van der Waals surface area contributed by atoms with Crippen molar-refractivity contribution in [1.82, 2.24) is 0 Å². The lowest BCUT2D eigenvalue weighted by Crippen LogP contribution is -2.19. The van der Waals surface area contributed by atoms with Crippen LogP contribution in [0.2, 0.25) is 0 Å². The average molecular weight is 142 g/mol. The number of halogens is 3. The minimum absolute atomic E-state index is 0.355. The lowest BCUT2D eigenvalue weighted by atomic mass is 10.5. The van der Waals surface area contributed by atoms with Crippen LogP contribution in [0.4, 0.5) is 13.2 Å². The molecule has 4 heteroatoms. The van der Waals surface area contributed by atoms with Crippen molar-refractivity contribution in [1.29, 1.82) is 0 Å². The Morgan fingerprint density at radius 1 is 1.33 bits per heavy atom. The topological polar surface area (TPSA) is 9.23 Å². The Labute approximate surface area is 51.8 Å². The van der Waals surface area contributed by atoms with Crippen LogP contribution in [0.25, 0.3) is 0 Å². The van der Waals surface area contributed by atoms with Gasteiger partial charge in [-0.1, -0.05) is 0 Å². The maximum atomic E-state index is 11.3. The molecule has 0 saturated carbocycles. The lowest BCUT2D eigenvalue weighted by Gasteiger charge is -2.09. The van der Waals surface area contributed by atoms with Gasteiger partial charge in [0.2, 0.25) is 0 Å². The molecule has 0 atom stereocenters. The van der Waals surface area contributed by atoms with Gasteiger partial charge < -0.3 is 4.74 Å². The van der Waals surface area contributed by atoms with Gasteiger partial charge in [-0.25, -0.2) is 0 Å². The van der Waals surface area contributed by atoms with Gasteiger partial charge in [-0.15, -0.1) is 0 Å². The van der Waals surface area contributed by atoms with E-state index >= 15 is 0 Å². The molecule has 0 aromatic heterocycles. The van der Waals surface area contributed by atoms with Crippen LogP contribution in [0.15, 0.2) is 0 Å². The number of alkyl halides is 3. The average Bonchev–Trinajstić information content (AvgIpc) is 1.59. The summed E-state index contributed by atoms with van der Waals surface area (Å²) in [5, 5.41) is 0. The minimum Gasteiger partial charge on any atom is -0.369 e.